The number of carbonyl (C=O) groups is 3. The van der Waals surface area contributed by atoms with E-state index in [-0.39, 0.29) is 11.8 Å². The highest BCUT2D eigenvalue weighted by Gasteiger charge is 2.26. The average Bonchev–Trinajstić information content (AvgIpc) is 3.19. The lowest BCUT2D eigenvalue weighted by atomic mass is 10.0. The van der Waals surface area contributed by atoms with Gasteiger partial charge in [-0.05, 0) is 68.3 Å². The molecule has 0 saturated carbocycles. The number of nitrogens with one attached hydrogen (secondary N) is 2. The summed E-state index contributed by atoms with van der Waals surface area (Å²) in [4.78, 5) is 38.8. The molecule has 1 atom stereocenters. The van der Waals surface area contributed by atoms with Crippen molar-refractivity contribution in [1.82, 2.24) is 10.2 Å². The van der Waals surface area contributed by atoms with Crippen LogP contribution in [0.4, 0.5) is 10.5 Å². The van der Waals surface area contributed by atoms with Crippen molar-refractivity contribution in [2.75, 3.05) is 19.4 Å². The minimum absolute atomic E-state index is 0.118. The molecule has 0 aliphatic carbocycles. The standard InChI is InChI=1S/C31H33N3O5/c1-31(2,3)39-30(37)33-27(29(36)34(4)5)19-21-12-16-23(17-13-21)38-22-14-10-20(11-15-22)18-25-24-8-6-7-9-26(24)32-28(25)35/h6-18,27H,19H2,1-5H3,(H,32,35)(H,33,37). The smallest absolute Gasteiger partial charge is 0.408 e. The monoisotopic (exact) mass is 527 g/mol. The molecule has 0 saturated heterocycles. The number of rotatable bonds is 7. The molecule has 0 bridgehead atoms. The first-order valence-corrected chi connectivity index (χ1v) is 12.7. The maximum Gasteiger partial charge on any atom is 0.408 e. The number of likely N-dealkylation sites (N-methyl/N-ethyl adjacent to an activating group) is 1. The summed E-state index contributed by atoms with van der Waals surface area (Å²) < 4.78 is 11.3. The summed E-state index contributed by atoms with van der Waals surface area (Å²) in [5.41, 5.74) is 3.40. The van der Waals surface area contributed by atoms with Gasteiger partial charge in [0.15, 0.2) is 0 Å². The van der Waals surface area contributed by atoms with Gasteiger partial charge in [-0.1, -0.05) is 42.5 Å². The van der Waals surface area contributed by atoms with Gasteiger partial charge in [0.1, 0.15) is 23.1 Å². The van der Waals surface area contributed by atoms with E-state index in [4.69, 9.17) is 9.47 Å². The number of alkyl carbamates (subject to hydrolysis) is 1. The molecule has 0 radical (unpaired) electrons. The fourth-order valence-corrected chi connectivity index (χ4v) is 4.11. The molecule has 0 fully saturated rings. The van der Waals surface area contributed by atoms with Crippen molar-refractivity contribution in [3.63, 3.8) is 0 Å². The van der Waals surface area contributed by atoms with E-state index in [1.807, 2.05) is 78.9 Å². The average molecular weight is 528 g/mol. The third-order valence-corrected chi connectivity index (χ3v) is 5.93. The summed E-state index contributed by atoms with van der Waals surface area (Å²) in [6, 6.07) is 21.7. The maximum atomic E-state index is 12.7. The van der Waals surface area contributed by atoms with E-state index in [2.05, 4.69) is 10.6 Å². The van der Waals surface area contributed by atoms with Gasteiger partial charge in [0.05, 0.1) is 0 Å². The Labute approximate surface area is 228 Å². The van der Waals surface area contributed by atoms with E-state index in [1.165, 1.54) is 4.90 Å². The Bertz CT molecular complexity index is 1390. The molecule has 3 aromatic rings. The Hall–Kier alpha value is -4.59. The number of hydrogen-bond acceptors (Lipinski definition) is 5. The number of anilines is 1. The van der Waals surface area contributed by atoms with Crippen LogP contribution in [0.2, 0.25) is 0 Å². The molecular formula is C31H33N3O5. The first kappa shape index (κ1) is 27.4. The molecule has 1 aliphatic rings. The van der Waals surface area contributed by atoms with Crippen molar-refractivity contribution >= 4 is 35.2 Å². The maximum absolute atomic E-state index is 12.7. The number of para-hydroxylation sites is 1. The second kappa shape index (κ2) is 11.4. The molecule has 39 heavy (non-hydrogen) atoms. The highest BCUT2D eigenvalue weighted by Crippen LogP contribution is 2.33. The fourth-order valence-electron chi connectivity index (χ4n) is 4.11. The number of ether oxygens (including phenoxy) is 2. The zero-order valence-electron chi connectivity index (χ0n) is 22.8. The summed E-state index contributed by atoms with van der Waals surface area (Å²) in [7, 11) is 3.29. The lowest BCUT2D eigenvalue weighted by Crippen LogP contribution is -2.48. The van der Waals surface area contributed by atoms with Crippen LogP contribution in [-0.2, 0) is 20.7 Å². The summed E-state index contributed by atoms with van der Waals surface area (Å²) in [6.07, 6.45) is 1.52. The number of benzene rings is 3. The molecule has 8 heteroatoms. The third-order valence-electron chi connectivity index (χ3n) is 5.93. The zero-order valence-corrected chi connectivity index (χ0v) is 22.8. The minimum atomic E-state index is -0.766. The van der Waals surface area contributed by atoms with Crippen LogP contribution in [0, 0.1) is 0 Å². The molecule has 0 spiro atoms. The van der Waals surface area contributed by atoms with Crippen molar-refractivity contribution in [2.24, 2.45) is 0 Å². The molecule has 1 heterocycles. The molecule has 202 valence electrons. The van der Waals surface area contributed by atoms with Crippen molar-refractivity contribution < 1.29 is 23.9 Å². The fraction of sp³-hybridized carbons (Fsp3) is 0.258. The van der Waals surface area contributed by atoms with Gasteiger partial charge in [0.2, 0.25) is 5.91 Å². The molecule has 1 aliphatic heterocycles. The minimum Gasteiger partial charge on any atom is -0.457 e. The zero-order chi connectivity index (χ0) is 28.2. The van der Waals surface area contributed by atoms with Crippen LogP contribution in [0.3, 0.4) is 0 Å². The van der Waals surface area contributed by atoms with Crippen LogP contribution in [0.5, 0.6) is 11.5 Å². The molecule has 8 nitrogen and oxygen atoms in total. The molecule has 2 N–H and O–H groups in total. The van der Waals surface area contributed by atoms with Gasteiger partial charge in [0, 0.05) is 37.3 Å². The van der Waals surface area contributed by atoms with Gasteiger partial charge in [-0.3, -0.25) is 9.59 Å². The highest BCUT2D eigenvalue weighted by atomic mass is 16.6. The summed E-state index contributed by atoms with van der Waals surface area (Å²) in [6.45, 7) is 5.31. The van der Waals surface area contributed by atoms with Crippen LogP contribution in [-0.4, -0.2) is 48.5 Å². The van der Waals surface area contributed by atoms with Crippen LogP contribution in [0.15, 0.2) is 72.8 Å². The van der Waals surface area contributed by atoms with Gasteiger partial charge >= 0.3 is 6.09 Å². The van der Waals surface area contributed by atoms with Crippen LogP contribution >= 0.6 is 0 Å². The summed E-state index contributed by atoms with van der Waals surface area (Å²) in [5, 5.41) is 5.56. The first-order chi connectivity index (χ1) is 18.5. The van der Waals surface area contributed by atoms with Gasteiger partial charge in [-0.2, -0.15) is 0 Å². The largest absolute Gasteiger partial charge is 0.457 e. The van der Waals surface area contributed by atoms with E-state index in [0.29, 0.717) is 23.5 Å². The summed E-state index contributed by atoms with van der Waals surface area (Å²) in [5.74, 6) is 0.931. The third kappa shape index (κ3) is 7.25. The SMILES string of the molecule is CN(C)C(=O)C(Cc1ccc(Oc2ccc(C=C3C(=O)Nc4ccccc43)cc2)cc1)NC(=O)OC(C)(C)C. The second-order valence-corrected chi connectivity index (χ2v) is 10.5. The second-order valence-electron chi connectivity index (χ2n) is 10.5. The topological polar surface area (TPSA) is 97.0 Å². The Morgan fingerprint density at radius 3 is 2.18 bits per heavy atom. The molecule has 3 amide bonds. The molecular weight excluding hydrogens is 494 g/mol. The molecule has 1 unspecified atom stereocenters. The van der Waals surface area contributed by atoms with Crippen LogP contribution in [0.1, 0.15) is 37.5 Å². The van der Waals surface area contributed by atoms with Gasteiger partial charge in [0.25, 0.3) is 5.91 Å². The number of carbonyl (C=O) groups excluding carboxylic acids is 3. The van der Waals surface area contributed by atoms with Gasteiger partial charge < -0.3 is 25.0 Å². The number of amides is 3. The van der Waals surface area contributed by atoms with E-state index >= 15 is 0 Å². The lowest BCUT2D eigenvalue weighted by molar-refractivity contribution is -0.130. The Morgan fingerprint density at radius 2 is 1.56 bits per heavy atom. The highest BCUT2D eigenvalue weighted by molar-refractivity contribution is 6.34. The molecule has 4 rings (SSSR count). The van der Waals surface area contributed by atoms with Crippen molar-refractivity contribution in [1.29, 1.82) is 0 Å². The van der Waals surface area contributed by atoms with Crippen LogP contribution < -0.4 is 15.4 Å². The normalized spacial score (nSPS) is 14.3. The number of hydrogen-bond donors (Lipinski definition) is 2. The van der Waals surface area contributed by atoms with E-state index in [1.54, 1.807) is 34.9 Å². The molecule has 0 aromatic heterocycles. The van der Waals surface area contributed by atoms with Crippen molar-refractivity contribution in [2.45, 2.75) is 38.8 Å². The van der Waals surface area contributed by atoms with Gasteiger partial charge in [-0.25, -0.2) is 4.79 Å². The van der Waals surface area contributed by atoms with Crippen molar-refractivity contribution in [3.8, 4) is 11.5 Å². The van der Waals surface area contributed by atoms with Gasteiger partial charge in [-0.15, -0.1) is 0 Å². The number of nitrogens with zero attached hydrogens (tertiary/aromatic N) is 1. The summed E-state index contributed by atoms with van der Waals surface area (Å²) >= 11 is 0. The first-order valence-electron chi connectivity index (χ1n) is 12.7. The van der Waals surface area contributed by atoms with Crippen molar-refractivity contribution in [3.05, 3.63) is 89.5 Å². The van der Waals surface area contributed by atoms with Crippen LogP contribution in [0.25, 0.3) is 11.6 Å². The van der Waals surface area contributed by atoms with E-state index in [0.717, 1.165) is 22.4 Å². The Balaban J connectivity index is 1.40. The van der Waals surface area contributed by atoms with E-state index in [9.17, 15) is 14.4 Å². The lowest BCUT2D eigenvalue weighted by Gasteiger charge is -2.25. The number of fused-ring (bicyclic) bond motifs is 1. The Kier molecular flexibility index (Phi) is 8.04. The molecule has 3 aromatic carbocycles. The van der Waals surface area contributed by atoms with E-state index < -0.39 is 17.7 Å². The quantitative estimate of drug-likeness (QED) is 0.396. The predicted octanol–water partition coefficient (Wildman–Crippen LogP) is 5.50. The Morgan fingerprint density at radius 1 is 0.949 bits per heavy atom. The predicted molar refractivity (Wildman–Crippen MR) is 151 cm³/mol.